The summed E-state index contributed by atoms with van der Waals surface area (Å²) in [6.07, 6.45) is -27.0. The van der Waals surface area contributed by atoms with Crippen LogP contribution in [0.25, 0.3) is 0 Å². The van der Waals surface area contributed by atoms with Crippen LogP contribution in [0.3, 0.4) is 0 Å². The molecule has 4 aliphatic heterocycles. The molecule has 14 N–H and O–H groups in total. The Morgan fingerprint density at radius 1 is 0.551 bits per heavy atom. The van der Waals surface area contributed by atoms with Crippen LogP contribution < -0.4 is 0 Å². The molecule has 446 valence electrons. The summed E-state index contributed by atoms with van der Waals surface area (Å²) in [4.78, 5) is 27.3. The molecule has 9 aliphatic rings. The molecule has 0 spiro atoms. The Morgan fingerprint density at radius 2 is 1.09 bits per heavy atom. The molecule has 28 atom stereocenters. The highest BCUT2D eigenvalue weighted by atomic mass is 16.8. The van der Waals surface area contributed by atoms with Gasteiger partial charge in [0, 0.05) is 0 Å². The number of hydrogen-bond donors (Lipinski definition) is 14. The van der Waals surface area contributed by atoms with Crippen LogP contribution >= 0.6 is 0 Å². The number of aliphatic hydroxyl groups excluding tert-OH is 13. The van der Waals surface area contributed by atoms with Crippen molar-refractivity contribution in [2.75, 3.05) is 19.8 Å². The number of aliphatic hydroxyl groups is 13. The van der Waals surface area contributed by atoms with Gasteiger partial charge in [0.1, 0.15) is 91.6 Å². The van der Waals surface area contributed by atoms with Gasteiger partial charge in [0.25, 0.3) is 0 Å². The lowest BCUT2D eigenvalue weighted by Gasteiger charge is -2.71. The van der Waals surface area contributed by atoms with Gasteiger partial charge in [-0.25, -0.2) is 4.79 Å². The number of hydrogen-bond acceptors (Lipinski definition) is 23. The van der Waals surface area contributed by atoms with Crippen molar-refractivity contribution in [2.45, 2.75) is 242 Å². The lowest BCUT2D eigenvalue weighted by Crippen LogP contribution is -2.68. The molecule has 4 heterocycles. The van der Waals surface area contributed by atoms with Gasteiger partial charge in [0.2, 0.25) is 6.29 Å². The lowest BCUT2D eigenvalue weighted by atomic mass is 9.33. The van der Waals surface area contributed by atoms with Gasteiger partial charge in [-0.15, -0.1) is 0 Å². The molecule has 8 fully saturated rings. The maximum atomic E-state index is 14.8. The van der Waals surface area contributed by atoms with E-state index in [9.17, 15) is 81.1 Å². The summed E-state index contributed by atoms with van der Waals surface area (Å²) in [7, 11) is 0. The summed E-state index contributed by atoms with van der Waals surface area (Å²) < 4.78 is 47.4. The van der Waals surface area contributed by atoms with Crippen molar-refractivity contribution in [2.24, 2.45) is 50.2 Å². The van der Waals surface area contributed by atoms with E-state index >= 15 is 0 Å². The van der Waals surface area contributed by atoms with E-state index < -0.39 is 172 Å². The maximum absolute atomic E-state index is 14.8. The second-order valence-electron chi connectivity index (χ2n) is 26.3. The van der Waals surface area contributed by atoms with Crippen molar-refractivity contribution < 1.29 is 119 Å². The van der Waals surface area contributed by atoms with Gasteiger partial charge >= 0.3 is 11.9 Å². The second kappa shape index (κ2) is 21.8. The predicted octanol–water partition coefficient (Wildman–Crippen LogP) is -1.94. The molecule has 24 heteroatoms. The fourth-order valence-corrected chi connectivity index (χ4v) is 16.5. The smallest absolute Gasteiger partial charge is 0.335 e. The van der Waals surface area contributed by atoms with Crippen LogP contribution in [0.4, 0.5) is 0 Å². The van der Waals surface area contributed by atoms with Gasteiger partial charge in [-0.3, -0.25) is 4.79 Å². The van der Waals surface area contributed by atoms with Gasteiger partial charge in [0.05, 0.1) is 31.3 Å². The predicted molar refractivity (Wildman–Crippen MR) is 263 cm³/mol. The molecule has 0 radical (unpaired) electrons. The van der Waals surface area contributed by atoms with E-state index in [1.807, 2.05) is 0 Å². The molecule has 5 aliphatic carbocycles. The van der Waals surface area contributed by atoms with Gasteiger partial charge in [0.15, 0.2) is 25.0 Å². The number of carbonyl (C=O) groups is 2. The van der Waals surface area contributed by atoms with E-state index in [0.29, 0.717) is 38.5 Å². The first-order valence-electron chi connectivity index (χ1n) is 27.8. The Hall–Kier alpha value is -2.12. The average Bonchev–Trinajstić information content (AvgIpc) is 2.52. The van der Waals surface area contributed by atoms with Crippen molar-refractivity contribution >= 4 is 11.9 Å². The third-order valence-electron chi connectivity index (χ3n) is 21.4. The van der Waals surface area contributed by atoms with E-state index in [-0.39, 0.29) is 39.4 Å². The average molecular weight is 1120 g/mol. The third-order valence-corrected chi connectivity index (χ3v) is 21.4. The van der Waals surface area contributed by atoms with Crippen LogP contribution in [0.5, 0.6) is 0 Å². The van der Waals surface area contributed by atoms with Crippen LogP contribution in [0.15, 0.2) is 11.6 Å². The van der Waals surface area contributed by atoms with Gasteiger partial charge < -0.3 is 109 Å². The van der Waals surface area contributed by atoms with Crippen LogP contribution in [0.2, 0.25) is 0 Å². The molecule has 78 heavy (non-hydrogen) atoms. The first kappa shape index (κ1) is 60.5. The standard InChI is InChI=1S/C54H86O24/c1-49(2)14-16-54(48(70)78-46-38(66)33(61)31(59)25(20-56)72-46)17-15-52(6)22(23(54)18-49)8-9-28-51(5)12-11-29(50(3,4)27(51)10-13-53(28,52)7)74-47-42(35(63)34(62)41(76-47)43(68)69)77-45-39(67)36(64)40(26(21-57)73-45)75-44-37(65)32(60)30(58)24(19-55)71-44/h8,23-42,44-47,55-67H,9-21H2,1-7H3,(H,68,69). The molecule has 28 unspecified atom stereocenters. The summed E-state index contributed by atoms with van der Waals surface area (Å²) in [5, 5.41) is 149. The quantitative estimate of drug-likeness (QED) is 0.0574. The second-order valence-corrected chi connectivity index (χ2v) is 26.3. The normalized spacial score (nSPS) is 52.8. The van der Waals surface area contributed by atoms with E-state index in [4.69, 9.17) is 37.9 Å². The summed E-state index contributed by atoms with van der Waals surface area (Å²) in [6.45, 7) is 13.3. The monoisotopic (exact) mass is 1120 g/mol. The number of allylic oxidation sites excluding steroid dienone is 2. The number of carboxylic acids is 1. The fraction of sp³-hybridized carbons (Fsp3) is 0.926. The van der Waals surface area contributed by atoms with Crippen molar-refractivity contribution in [1.29, 1.82) is 0 Å². The molecule has 0 amide bonds. The fourth-order valence-electron chi connectivity index (χ4n) is 16.5. The first-order chi connectivity index (χ1) is 36.5. The zero-order chi connectivity index (χ0) is 57.1. The maximum Gasteiger partial charge on any atom is 0.335 e. The lowest BCUT2D eigenvalue weighted by molar-refractivity contribution is -0.388. The number of carboxylic acid groups (broad SMARTS) is 1. The number of rotatable bonds is 12. The van der Waals surface area contributed by atoms with Crippen molar-refractivity contribution in [3.05, 3.63) is 11.6 Å². The number of carbonyl (C=O) groups excluding carboxylic acids is 1. The van der Waals surface area contributed by atoms with Crippen LogP contribution in [0, 0.1) is 50.2 Å². The molecule has 0 aromatic heterocycles. The summed E-state index contributed by atoms with van der Waals surface area (Å²) >= 11 is 0. The van der Waals surface area contributed by atoms with E-state index in [0.717, 1.165) is 25.7 Å². The molecule has 0 aromatic rings. The Labute approximate surface area is 453 Å². The molecule has 24 nitrogen and oxygen atoms in total. The number of ether oxygens (including phenoxy) is 8. The topological polar surface area (TPSA) is 391 Å². The SMILES string of the molecule is CC1(C)CCC2(C(=O)OC3OC(CO)C(O)C(O)C3O)CCC3(C)C(=CCC4C5(C)CCC(OC6OC(C(=O)O)C(O)C(O)C6OC6OC(CO)C(OC7OC(CO)C(O)C(O)C7O)C(O)C6O)C(C)(C)C5CCC43C)C2C1. The summed E-state index contributed by atoms with van der Waals surface area (Å²) in [5.74, 6) is -2.17. The number of fused-ring (bicyclic) bond motifs is 7. The Balaban J connectivity index is 0.938. The van der Waals surface area contributed by atoms with E-state index in [1.54, 1.807) is 0 Å². The number of aliphatic carboxylic acids is 1. The molecule has 4 saturated carbocycles. The molecule has 0 bridgehead atoms. The van der Waals surface area contributed by atoms with Gasteiger partial charge in [-0.2, -0.15) is 0 Å². The number of esters is 1. The zero-order valence-electron chi connectivity index (χ0n) is 45.5. The highest BCUT2D eigenvalue weighted by Gasteiger charge is 2.70. The van der Waals surface area contributed by atoms with Gasteiger partial charge in [-0.05, 0) is 109 Å². The van der Waals surface area contributed by atoms with Crippen molar-refractivity contribution in [1.82, 2.24) is 0 Å². The zero-order valence-corrected chi connectivity index (χ0v) is 45.5. The van der Waals surface area contributed by atoms with Crippen LogP contribution in [-0.2, 0) is 47.5 Å². The summed E-state index contributed by atoms with van der Waals surface area (Å²) in [6, 6.07) is 0. The van der Waals surface area contributed by atoms with Gasteiger partial charge in [-0.1, -0.05) is 60.1 Å². The molecule has 9 rings (SSSR count). The molecular weight excluding hydrogens is 1030 g/mol. The minimum atomic E-state index is -2.07. The largest absolute Gasteiger partial charge is 0.479 e. The highest BCUT2D eigenvalue weighted by molar-refractivity contribution is 5.79. The van der Waals surface area contributed by atoms with Crippen molar-refractivity contribution in [3.8, 4) is 0 Å². The van der Waals surface area contributed by atoms with Crippen LogP contribution in [0.1, 0.15) is 113 Å². The third kappa shape index (κ3) is 9.72. The minimum absolute atomic E-state index is 0.0171. The molecule has 4 saturated heterocycles. The first-order valence-corrected chi connectivity index (χ1v) is 27.8. The molecular formula is C54H86O24. The Morgan fingerprint density at radius 3 is 1.69 bits per heavy atom. The van der Waals surface area contributed by atoms with E-state index in [2.05, 4.69) is 54.5 Å². The minimum Gasteiger partial charge on any atom is -0.479 e. The Bertz CT molecular complexity index is 2190. The Kier molecular flexibility index (Phi) is 16.9. The van der Waals surface area contributed by atoms with Crippen molar-refractivity contribution in [3.63, 3.8) is 0 Å². The molecule has 0 aromatic carbocycles. The van der Waals surface area contributed by atoms with Crippen LogP contribution in [-0.4, -0.2) is 232 Å². The van der Waals surface area contributed by atoms with E-state index in [1.165, 1.54) is 5.57 Å². The summed E-state index contributed by atoms with van der Waals surface area (Å²) in [5.41, 5.74) is -1.38. The highest BCUT2D eigenvalue weighted by Crippen LogP contribution is 2.76.